The molecular formula is C12H20N4O3S. The number of nitrogens with zero attached hydrogens (tertiary/aromatic N) is 1. The molecule has 7 nitrogen and oxygen atoms in total. The fourth-order valence-electron chi connectivity index (χ4n) is 1.59. The van der Waals surface area contributed by atoms with Gasteiger partial charge in [0.1, 0.15) is 9.88 Å². The van der Waals surface area contributed by atoms with Crippen LogP contribution in [0.3, 0.4) is 0 Å². The lowest BCUT2D eigenvalue weighted by Crippen LogP contribution is -2.22. The SMILES string of the molecule is COCCCNc1sc(C(=O)N(C)C)c(N)c1C(N)=O. The molecule has 0 atom stereocenters. The number of amides is 2. The van der Waals surface area contributed by atoms with E-state index in [1.165, 1.54) is 4.90 Å². The van der Waals surface area contributed by atoms with Crippen LogP contribution in [-0.2, 0) is 4.74 Å². The molecule has 1 aromatic rings. The zero-order valence-electron chi connectivity index (χ0n) is 11.9. The minimum Gasteiger partial charge on any atom is -0.397 e. The Balaban J connectivity index is 3.01. The second kappa shape index (κ2) is 7.11. The molecule has 0 aromatic carbocycles. The first kappa shape index (κ1) is 16.3. The van der Waals surface area contributed by atoms with E-state index in [1.54, 1.807) is 21.2 Å². The Bertz CT molecular complexity index is 499. The zero-order chi connectivity index (χ0) is 15.3. The predicted octanol–water partition coefficient (Wildman–Crippen LogP) is 0.579. The minimum atomic E-state index is -0.647. The molecule has 2 amide bonds. The van der Waals surface area contributed by atoms with Crippen molar-refractivity contribution >= 4 is 33.8 Å². The molecule has 0 radical (unpaired) electrons. The number of carbonyl (C=O) groups is 2. The quantitative estimate of drug-likeness (QED) is 0.638. The van der Waals surface area contributed by atoms with Crippen molar-refractivity contribution in [2.45, 2.75) is 6.42 Å². The average molecular weight is 300 g/mol. The summed E-state index contributed by atoms with van der Waals surface area (Å²) in [4.78, 5) is 25.2. The van der Waals surface area contributed by atoms with Crippen molar-refractivity contribution in [3.8, 4) is 0 Å². The molecule has 0 saturated carbocycles. The predicted molar refractivity (Wildman–Crippen MR) is 80.2 cm³/mol. The van der Waals surface area contributed by atoms with E-state index in [0.29, 0.717) is 23.0 Å². The number of hydrogen-bond acceptors (Lipinski definition) is 6. The summed E-state index contributed by atoms with van der Waals surface area (Å²) in [6.07, 6.45) is 0.767. The first-order valence-corrected chi connectivity index (χ1v) is 6.88. The summed E-state index contributed by atoms with van der Waals surface area (Å²) < 4.78 is 4.94. The van der Waals surface area contributed by atoms with E-state index in [0.717, 1.165) is 17.8 Å². The van der Waals surface area contributed by atoms with Crippen LogP contribution in [0.15, 0.2) is 0 Å². The van der Waals surface area contributed by atoms with Gasteiger partial charge in [-0.25, -0.2) is 0 Å². The van der Waals surface area contributed by atoms with Crippen LogP contribution in [0.4, 0.5) is 10.7 Å². The van der Waals surface area contributed by atoms with E-state index in [2.05, 4.69) is 5.32 Å². The third kappa shape index (κ3) is 3.61. The number of carbonyl (C=O) groups excluding carboxylic acids is 2. The van der Waals surface area contributed by atoms with Gasteiger partial charge in [0.2, 0.25) is 0 Å². The Kier molecular flexibility index (Phi) is 5.78. The summed E-state index contributed by atoms with van der Waals surface area (Å²) >= 11 is 1.14. The van der Waals surface area contributed by atoms with E-state index >= 15 is 0 Å². The lowest BCUT2D eigenvalue weighted by Gasteiger charge is -2.08. The van der Waals surface area contributed by atoms with Crippen LogP contribution in [0.5, 0.6) is 0 Å². The summed E-state index contributed by atoms with van der Waals surface area (Å²) in [6, 6.07) is 0. The molecule has 1 heterocycles. The van der Waals surface area contributed by atoms with Crippen molar-refractivity contribution in [2.24, 2.45) is 5.73 Å². The Morgan fingerprint density at radius 1 is 1.40 bits per heavy atom. The van der Waals surface area contributed by atoms with E-state index in [4.69, 9.17) is 16.2 Å². The highest BCUT2D eigenvalue weighted by Gasteiger charge is 2.24. The Morgan fingerprint density at radius 2 is 2.05 bits per heavy atom. The van der Waals surface area contributed by atoms with Gasteiger partial charge >= 0.3 is 0 Å². The van der Waals surface area contributed by atoms with Gasteiger partial charge in [-0.2, -0.15) is 0 Å². The number of methoxy groups -OCH3 is 1. The van der Waals surface area contributed by atoms with Gasteiger partial charge in [0.15, 0.2) is 0 Å². The molecule has 112 valence electrons. The van der Waals surface area contributed by atoms with Crippen molar-refractivity contribution in [1.29, 1.82) is 0 Å². The summed E-state index contributed by atoms with van der Waals surface area (Å²) in [6.45, 7) is 1.20. The van der Waals surface area contributed by atoms with Gasteiger partial charge in [-0.1, -0.05) is 0 Å². The number of ether oxygens (including phenoxy) is 1. The number of nitrogen functional groups attached to an aromatic ring is 1. The number of anilines is 2. The summed E-state index contributed by atoms with van der Waals surface area (Å²) in [5.41, 5.74) is 11.5. The molecule has 0 fully saturated rings. The molecule has 0 bridgehead atoms. The van der Waals surface area contributed by atoms with Crippen molar-refractivity contribution in [3.63, 3.8) is 0 Å². The lowest BCUT2D eigenvalue weighted by atomic mass is 10.2. The molecular weight excluding hydrogens is 280 g/mol. The van der Waals surface area contributed by atoms with Gasteiger partial charge < -0.3 is 26.4 Å². The van der Waals surface area contributed by atoms with E-state index in [-0.39, 0.29) is 17.2 Å². The van der Waals surface area contributed by atoms with Crippen LogP contribution in [0.2, 0.25) is 0 Å². The van der Waals surface area contributed by atoms with Crippen molar-refractivity contribution in [2.75, 3.05) is 45.4 Å². The molecule has 1 rings (SSSR count). The first-order valence-electron chi connectivity index (χ1n) is 6.06. The molecule has 0 unspecified atom stereocenters. The number of nitrogens with one attached hydrogen (secondary N) is 1. The Hall–Kier alpha value is -1.80. The fraction of sp³-hybridized carbons (Fsp3) is 0.500. The highest BCUT2D eigenvalue weighted by atomic mass is 32.1. The second-order valence-corrected chi connectivity index (χ2v) is 5.41. The largest absolute Gasteiger partial charge is 0.397 e. The maximum absolute atomic E-state index is 12.0. The maximum atomic E-state index is 12.0. The maximum Gasteiger partial charge on any atom is 0.265 e. The van der Waals surface area contributed by atoms with Gasteiger partial charge in [0.25, 0.3) is 11.8 Å². The fourth-order valence-corrected chi connectivity index (χ4v) is 2.77. The molecule has 1 aromatic heterocycles. The molecule has 0 aliphatic carbocycles. The van der Waals surface area contributed by atoms with Crippen LogP contribution >= 0.6 is 11.3 Å². The van der Waals surface area contributed by atoms with Gasteiger partial charge in [-0.15, -0.1) is 11.3 Å². The molecule has 0 spiro atoms. The number of thiophene rings is 1. The highest BCUT2D eigenvalue weighted by molar-refractivity contribution is 7.19. The highest BCUT2D eigenvalue weighted by Crippen LogP contribution is 2.35. The monoisotopic (exact) mass is 300 g/mol. The van der Waals surface area contributed by atoms with E-state index < -0.39 is 5.91 Å². The number of primary amides is 1. The van der Waals surface area contributed by atoms with Crippen LogP contribution in [0.25, 0.3) is 0 Å². The van der Waals surface area contributed by atoms with Crippen LogP contribution in [0.1, 0.15) is 26.5 Å². The molecule has 8 heteroatoms. The number of hydrogen-bond donors (Lipinski definition) is 3. The normalized spacial score (nSPS) is 10.3. The molecule has 0 aliphatic heterocycles. The summed E-state index contributed by atoms with van der Waals surface area (Å²) in [5, 5.41) is 3.60. The minimum absolute atomic E-state index is 0.135. The van der Waals surface area contributed by atoms with Gasteiger partial charge in [0, 0.05) is 34.4 Å². The molecule has 0 saturated heterocycles. The van der Waals surface area contributed by atoms with Crippen LogP contribution in [0, 0.1) is 0 Å². The van der Waals surface area contributed by atoms with Gasteiger partial charge in [0.05, 0.1) is 11.3 Å². The molecule has 20 heavy (non-hydrogen) atoms. The Labute approximate surface area is 121 Å². The van der Waals surface area contributed by atoms with Crippen molar-refractivity contribution < 1.29 is 14.3 Å². The Morgan fingerprint density at radius 3 is 2.55 bits per heavy atom. The average Bonchev–Trinajstić information content (AvgIpc) is 2.70. The van der Waals surface area contributed by atoms with Crippen LogP contribution < -0.4 is 16.8 Å². The number of nitrogens with two attached hydrogens (primary N) is 2. The summed E-state index contributed by atoms with van der Waals surface area (Å²) in [7, 11) is 4.86. The third-order valence-electron chi connectivity index (χ3n) is 2.60. The zero-order valence-corrected chi connectivity index (χ0v) is 12.7. The van der Waals surface area contributed by atoms with Gasteiger partial charge in [-0.3, -0.25) is 9.59 Å². The molecule has 0 aliphatic rings. The standard InChI is InChI=1S/C12H20N4O3S/c1-16(2)12(18)9-8(13)7(10(14)17)11(20-9)15-5-4-6-19-3/h15H,4-6,13H2,1-3H3,(H2,14,17). The van der Waals surface area contributed by atoms with Gasteiger partial charge in [-0.05, 0) is 6.42 Å². The van der Waals surface area contributed by atoms with Crippen molar-refractivity contribution in [3.05, 3.63) is 10.4 Å². The lowest BCUT2D eigenvalue weighted by molar-refractivity contribution is 0.0833. The third-order valence-corrected chi connectivity index (χ3v) is 3.75. The summed E-state index contributed by atoms with van der Waals surface area (Å²) in [5.74, 6) is -0.897. The smallest absolute Gasteiger partial charge is 0.265 e. The topological polar surface area (TPSA) is 111 Å². The van der Waals surface area contributed by atoms with Crippen LogP contribution in [-0.4, -0.2) is 51.1 Å². The van der Waals surface area contributed by atoms with E-state index in [1.807, 2.05) is 0 Å². The second-order valence-electron chi connectivity index (χ2n) is 4.39. The first-order chi connectivity index (χ1) is 9.40. The molecule has 5 N–H and O–H groups in total. The number of rotatable bonds is 7. The van der Waals surface area contributed by atoms with Crippen molar-refractivity contribution in [1.82, 2.24) is 4.90 Å². The van der Waals surface area contributed by atoms with E-state index in [9.17, 15) is 9.59 Å².